The van der Waals surface area contributed by atoms with Crippen molar-refractivity contribution in [2.24, 2.45) is 17.3 Å². The number of fused-ring (bicyclic) bond motifs is 3. The SMILES string of the molecule is COC1=CC(=O)C2CC=C3CCCCC3C2(C)C1=O. The molecule has 1 fully saturated rings. The third-order valence-electron chi connectivity index (χ3n) is 5.27. The van der Waals surface area contributed by atoms with E-state index in [4.69, 9.17) is 4.74 Å². The second-order valence-electron chi connectivity index (χ2n) is 6.09. The van der Waals surface area contributed by atoms with Gasteiger partial charge in [-0.25, -0.2) is 0 Å². The highest BCUT2D eigenvalue weighted by molar-refractivity contribution is 6.12. The maximum absolute atomic E-state index is 12.7. The number of methoxy groups -OCH3 is 1. The standard InChI is InChI=1S/C16H20O3/c1-16-11-6-4-3-5-10(11)7-8-12(16)13(17)9-14(19-2)15(16)18/h7,9,11-12H,3-6,8H2,1-2H3. The number of hydrogen-bond acceptors (Lipinski definition) is 3. The number of rotatable bonds is 1. The Hall–Kier alpha value is -1.38. The van der Waals surface area contributed by atoms with Gasteiger partial charge in [0.1, 0.15) is 0 Å². The van der Waals surface area contributed by atoms with Gasteiger partial charge in [0.2, 0.25) is 5.78 Å². The largest absolute Gasteiger partial charge is 0.493 e. The number of allylic oxidation sites excluding steroid dienone is 4. The van der Waals surface area contributed by atoms with Crippen LogP contribution >= 0.6 is 0 Å². The molecule has 0 saturated heterocycles. The zero-order valence-electron chi connectivity index (χ0n) is 11.6. The molecule has 3 aliphatic rings. The molecule has 0 spiro atoms. The monoisotopic (exact) mass is 260 g/mol. The van der Waals surface area contributed by atoms with Crippen LogP contribution in [-0.4, -0.2) is 18.7 Å². The first-order valence-electron chi connectivity index (χ1n) is 7.12. The van der Waals surface area contributed by atoms with Crippen LogP contribution in [0.25, 0.3) is 0 Å². The summed E-state index contributed by atoms with van der Waals surface area (Å²) in [6.45, 7) is 1.98. The molecule has 102 valence electrons. The van der Waals surface area contributed by atoms with E-state index < -0.39 is 5.41 Å². The Morgan fingerprint density at radius 1 is 1.26 bits per heavy atom. The van der Waals surface area contributed by atoms with Crippen LogP contribution in [0.1, 0.15) is 39.0 Å². The van der Waals surface area contributed by atoms with E-state index in [9.17, 15) is 9.59 Å². The van der Waals surface area contributed by atoms with Crippen LogP contribution in [0.2, 0.25) is 0 Å². The van der Waals surface area contributed by atoms with Crippen molar-refractivity contribution in [3.8, 4) is 0 Å². The van der Waals surface area contributed by atoms with Gasteiger partial charge in [-0.2, -0.15) is 0 Å². The maximum atomic E-state index is 12.7. The van der Waals surface area contributed by atoms with Crippen molar-refractivity contribution < 1.29 is 14.3 Å². The Bertz CT molecular complexity index is 500. The predicted molar refractivity (Wildman–Crippen MR) is 71.4 cm³/mol. The summed E-state index contributed by atoms with van der Waals surface area (Å²) in [6, 6.07) is 0. The Balaban J connectivity index is 2.09. The Morgan fingerprint density at radius 3 is 2.79 bits per heavy atom. The molecule has 0 bridgehead atoms. The molecule has 0 aliphatic heterocycles. The number of Topliss-reactive ketones (excluding diaryl/α,β-unsaturated/α-hetero) is 1. The molecule has 3 nitrogen and oxygen atoms in total. The van der Waals surface area contributed by atoms with Crippen LogP contribution in [0.4, 0.5) is 0 Å². The summed E-state index contributed by atoms with van der Waals surface area (Å²) in [4.78, 5) is 25.0. The summed E-state index contributed by atoms with van der Waals surface area (Å²) in [6.07, 6.45) is 8.79. The lowest BCUT2D eigenvalue weighted by Crippen LogP contribution is -2.51. The first-order valence-corrected chi connectivity index (χ1v) is 7.12. The molecule has 1 saturated carbocycles. The summed E-state index contributed by atoms with van der Waals surface area (Å²) in [5.74, 6) is 0.369. The molecular weight excluding hydrogens is 240 g/mol. The fourth-order valence-electron chi connectivity index (χ4n) is 4.16. The highest BCUT2D eigenvalue weighted by Gasteiger charge is 2.56. The summed E-state index contributed by atoms with van der Waals surface area (Å²) in [5.41, 5.74) is 0.810. The fraction of sp³-hybridized carbons (Fsp3) is 0.625. The zero-order chi connectivity index (χ0) is 13.6. The van der Waals surface area contributed by atoms with Gasteiger partial charge in [0.25, 0.3) is 0 Å². The van der Waals surface area contributed by atoms with Crippen LogP contribution in [0.15, 0.2) is 23.5 Å². The van der Waals surface area contributed by atoms with E-state index in [0.717, 1.165) is 19.3 Å². The second-order valence-corrected chi connectivity index (χ2v) is 6.09. The van der Waals surface area contributed by atoms with Gasteiger partial charge in [0, 0.05) is 12.0 Å². The van der Waals surface area contributed by atoms with Gasteiger partial charge in [-0.3, -0.25) is 9.59 Å². The Labute approximate surface area is 113 Å². The van der Waals surface area contributed by atoms with Crippen molar-refractivity contribution >= 4 is 11.6 Å². The van der Waals surface area contributed by atoms with E-state index in [-0.39, 0.29) is 29.2 Å². The molecule has 0 aromatic rings. The normalized spacial score (nSPS) is 38.0. The van der Waals surface area contributed by atoms with E-state index in [0.29, 0.717) is 6.42 Å². The first kappa shape index (κ1) is 12.6. The van der Waals surface area contributed by atoms with Gasteiger partial charge < -0.3 is 4.74 Å². The molecule has 3 atom stereocenters. The van der Waals surface area contributed by atoms with Gasteiger partial charge in [-0.1, -0.05) is 25.0 Å². The summed E-state index contributed by atoms with van der Waals surface area (Å²) in [7, 11) is 1.47. The Morgan fingerprint density at radius 2 is 2.05 bits per heavy atom. The quantitative estimate of drug-likeness (QED) is 0.681. The van der Waals surface area contributed by atoms with Gasteiger partial charge in [0.05, 0.1) is 12.5 Å². The molecule has 0 aromatic carbocycles. The van der Waals surface area contributed by atoms with Crippen molar-refractivity contribution in [2.75, 3.05) is 7.11 Å². The van der Waals surface area contributed by atoms with Crippen LogP contribution in [0.5, 0.6) is 0 Å². The predicted octanol–water partition coefficient (Wildman–Crippen LogP) is 2.81. The summed E-state index contributed by atoms with van der Waals surface area (Å²) in [5, 5.41) is 0. The minimum Gasteiger partial charge on any atom is -0.493 e. The van der Waals surface area contributed by atoms with Gasteiger partial charge in [0.15, 0.2) is 11.5 Å². The Kier molecular flexibility index (Phi) is 2.88. The molecule has 0 N–H and O–H groups in total. The zero-order valence-corrected chi connectivity index (χ0v) is 11.6. The van der Waals surface area contributed by atoms with Gasteiger partial charge in [-0.15, -0.1) is 0 Å². The molecule has 0 aromatic heterocycles. The van der Waals surface area contributed by atoms with E-state index in [1.807, 2.05) is 6.92 Å². The smallest absolute Gasteiger partial charge is 0.204 e. The highest BCUT2D eigenvalue weighted by Crippen LogP contribution is 2.54. The summed E-state index contributed by atoms with van der Waals surface area (Å²) >= 11 is 0. The number of carbonyl (C=O) groups excluding carboxylic acids is 2. The fourth-order valence-corrected chi connectivity index (χ4v) is 4.16. The highest BCUT2D eigenvalue weighted by atomic mass is 16.5. The minimum atomic E-state index is -0.582. The minimum absolute atomic E-state index is 0.0251. The molecule has 0 amide bonds. The van der Waals surface area contributed by atoms with Crippen LogP contribution in [0, 0.1) is 17.3 Å². The van der Waals surface area contributed by atoms with Crippen molar-refractivity contribution in [3.05, 3.63) is 23.5 Å². The molecule has 3 aliphatic carbocycles. The molecule has 3 unspecified atom stereocenters. The van der Waals surface area contributed by atoms with E-state index >= 15 is 0 Å². The lowest BCUT2D eigenvalue weighted by molar-refractivity contribution is -0.143. The van der Waals surface area contributed by atoms with Crippen molar-refractivity contribution in [3.63, 3.8) is 0 Å². The second kappa shape index (κ2) is 4.32. The molecule has 19 heavy (non-hydrogen) atoms. The third-order valence-corrected chi connectivity index (χ3v) is 5.27. The van der Waals surface area contributed by atoms with Crippen molar-refractivity contribution in [1.29, 1.82) is 0 Å². The summed E-state index contributed by atoms with van der Waals surface area (Å²) < 4.78 is 5.14. The number of ether oxygens (including phenoxy) is 1. The first-order chi connectivity index (χ1) is 9.09. The van der Waals surface area contributed by atoms with Gasteiger partial charge >= 0.3 is 0 Å². The number of ketones is 2. The van der Waals surface area contributed by atoms with Crippen molar-refractivity contribution in [1.82, 2.24) is 0 Å². The average molecular weight is 260 g/mol. The number of carbonyl (C=O) groups is 2. The molecule has 0 radical (unpaired) electrons. The van der Waals surface area contributed by atoms with E-state index in [2.05, 4.69) is 6.08 Å². The third kappa shape index (κ3) is 1.63. The van der Waals surface area contributed by atoms with Crippen LogP contribution in [-0.2, 0) is 14.3 Å². The van der Waals surface area contributed by atoms with Crippen LogP contribution < -0.4 is 0 Å². The average Bonchev–Trinajstić information content (AvgIpc) is 2.43. The molecule has 3 rings (SSSR count). The maximum Gasteiger partial charge on any atom is 0.204 e. The van der Waals surface area contributed by atoms with E-state index in [1.54, 1.807) is 0 Å². The van der Waals surface area contributed by atoms with Gasteiger partial charge in [-0.05, 0) is 31.6 Å². The van der Waals surface area contributed by atoms with Crippen LogP contribution in [0.3, 0.4) is 0 Å². The topological polar surface area (TPSA) is 43.4 Å². The number of hydrogen-bond donors (Lipinski definition) is 0. The van der Waals surface area contributed by atoms with E-state index in [1.165, 1.54) is 25.2 Å². The molecule has 0 heterocycles. The molecular formula is C16H20O3. The molecule has 3 heteroatoms. The lowest BCUT2D eigenvalue weighted by Gasteiger charge is -2.48. The lowest BCUT2D eigenvalue weighted by atomic mass is 9.53. The van der Waals surface area contributed by atoms with Crippen molar-refractivity contribution in [2.45, 2.75) is 39.0 Å².